The number of amides is 2. The first-order valence-electron chi connectivity index (χ1n) is 12.8. The number of benzene rings is 2. The molecule has 2 atom stereocenters. The van der Waals surface area contributed by atoms with Crippen LogP contribution in [-0.4, -0.2) is 56.2 Å². The first-order valence-corrected chi connectivity index (χ1v) is 12.8. The van der Waals surface area contributed by atoms with Gasteiger partial charge in [0.15, 0.2) is 11.5 Å². The number of nitrogens with two attached hydrogens (primary N) is 1. The van der Waals surface area contributed by atoms with Gasteiger partial charge in [-0.25, -0.2) is 19.3 Å². The highest BCUT2D eigenvalue weighted by molar-refractivity contribution is 5.99. The third kappa shape index (κ3) is 7.59. The molecule has 0 aliphatic heterocycles. The summed E-state index contributed by atoms with van der Waals surface area (Å²) in [5, 5.41) is 26.9. The number of hydrogen-bond donors (Lipinski definition) is 6. The molecule has 2 amide bonds. The Morgan fingerprint density at radius 1 is 1.02 bits per heavy atom. The molecule has 4 aromatic rings. The van der Waals surface area contributed by atoms with Crippen LogP contribution in [0.15, 0.2) is 73.1 Å². The average molecular weight is 560 g/mol. The minimum Gasteiger partial charge on any atom is -0.394 e. The van der Waals surface area contributed by atoms with Gasteiger partial charge in [-0.2, -0.15) is 0 Å². The van der Waals surface area contributed by atoms with E-state index in [1.165, 1.54) is 18.3 Å². The van der Waals surface area contributed by atoms with Gasteiger partial charge in [0.05, 0.1) is 36.2 Å². The zero-order valence-corrected chi connectivity index (χ0v) is 22.2. The fraction of sp³-hybridized carbons (Fsp3) is 0.207. The number of aromatic nitrogens is 3. The third-order valence-corrected chi connectivity index (χ3v) is 6.20. The van der Waals surface area contributed by atoms with Crippen molar-refractivity contribution in [2.75, 3.05) is 24.2 Å². The maximum atomic E-state index is 13.2. The second kappa shape index (κ2) is 13.4. The average Bonchev–Trinajstić information content (AvgIpc) is 2.99. The maximum absolute atomic E-state index is 13.2. The number of nitrogens with zero attached hydrogens (tertiary/aromatic N) is 3. The van der Waals surface area contributed by atoms with Crippen molar-refractivity contribution >= 4 is 23.5 Å². The number of nitrogens with one attached hydrogen (secondary N) is 3. The quantitative estimate of drug-likeness (QED) is 0.161. The molecule has 2 heterocycles. The molecule has 0 fully saturated rings. The lowest BCUT2D eigenvalue weighted by Gasteiger charge is -2.16. The van der Waals surface area contributed by atoms with Gasteiger partial charge in [0.2, 0.25) is 0 Å². The zero-order valence-electron chi connectivity index (χ0n) is 22.2. The van der Waals surface area contributed by atoms with Crippen LogP contribution in [0.3, 0.4) is 0 Å². The molecule has 0 bridgehead atoms. The van der Waals surface area contributed by atoms with Crippen LogP contribution in [0.4, 0.5) is 16.0 Å². The highest BCUT2D eigenvalue weighted by Gasteiger charge is 2.17. The van der Waals surface area contributed by atoms with Gasteiger partial charge in [0.1, 0.15) is 11.6 Å². The number of halogens is 1. The summed E-state index contributed by atoms with van der Waals surface area (Å²) in [6.07, 6.45) is 1.94. The van der Waals surface area contributed by atoms with E-state index in [2.05, 4.69) is 30.9 Å². The SMILES string of the molecule is C[C@H](NC(=O)c1cccnc1NCc1ccc(-c2cnc(N)c(C(=O)NCC(O)CO)n2)cc1)c1ccc(F)cc1. The Balaban J connectivity index is 1.40. The predicted molar refractivity (Wildman–Crippen MR) is 151 cm³/mol. The van der Waals surface area contributed by atoms with E-state index in [1.807, 2.05) is 31.2 Å². The largest absolute Gasteiger partial charge is 0.394 e. The number of nitrogen functional groups attached to an aromatic ring is 1. The monoisotopic (exact) mass is 559 g/mol. The van der Waals surface area contributed by atoms with Crippen molar-refractivity contribution < 1.29 is 24.2 Å². The molecule has 7 N–H and O–H groups in total. The van der Waals surface area contributed by atoms with Crippen LogP contribution < -0.4 is 21.7 Å². The Morgan fingerprint density at radius 2 is 1.76 bits per heavy atom. The molecule has 41 heavy (non-hydrogen) atoms. The molecular weight excluding hydrogens is 529 g/mol. The summed E-state index contributed by atoms with van der Waals surface area (Å²) >= 11 is 0. The standard InChI is InChI=1S/C29H30FN7O4/c1-17(19-8-10-21(30)11-9-19)36-28(40)23-3-2-12-32-27(23)34-13-18-4-6-20(7-5-18)24-15-33-26(31)25(37-24)29(41)35-14-22(39)16-38/h2-12,15,17,22,38-39H,13-14,16H2,1H3,(H2,31,33)(H,32,34)(H,35,41)(H,36,40)/t17-,22?/m0/s1. The van der Waals surface area contributed by atoms with Crippen molar-refractivity contribution in [3.05, 3.63) is 101 Å². The van der Waals surface area contributed by atoms with Crippen molar-refractivity contribution in [1.29, 1.82) is 0 Å². The van der Waals surface area contributed by atoms with E-state index in [-0.39, 0.29) is 35.8 Å². The minimum absolute atomic E-state index is 0.0622. The van der Waals surface area contributed by atoms with E-state index in [0.29, 0.717) is 29.2 Å². The Hall–Kier alpha value is -4.94. The minimum atomic E-state index is -1.10. The van der Waals surface area contributed by atoms with Gasteiger partial charge in [-0.15, -0.1) is 0 Å². The van der Waals surface area contributed by atoms with Crippen molar-refractivity contribution in [1.82, 2.24) is 25.6 Å². The van der Waals surface area contributed by atoms with Gasteiger partial charge in [0, 0.05) is 24.8 Å². The topological polar surface area (TPSA) is 175 Å². The van der Waals surface area contributed by atoms with E-state index in [1.54, 1.807) is 30.5 Å². The van der Waals surface area contributed by atoms with Gasteiger partial charge in [-0.3, -0.25) is 9.59 Å². The third-order valence-electron chi connectivity index (χ3n) is 6.20. The Morgan fingerprint density at radius 3 is 2.46 bits per heavy atom. The molecule has 0 aliphatic rings. The number of hydrogen-bond acceptors (Lipinski definition) is 9. The molecule has 0 aliphatic carbocycles. The van der Waals surface area contributed by atoms with E-state index in [9.17, 15) is 19.1 Å². The first-order chi connectivity index (χ1) is 19.7. The maximum Gasteiger partial charge on any atom is 0.273 e. The second-order valence-corrected chi connectivity index (χ2v) is 9.23. The summed E-state index contributed by atoms with van der Waals surface area (Å²) in [4.78, 5) is 38.1. The van der Waals surface area contributed by atoms with Crippen LogP contribution in [0.25, 0.3) is 11.3 Å². The summed E-state index contributed by atoms with van der Waals surface area (Å²) in [6, 6.07) is 16.3. The van der Waals surface area contributed by atoms with Gasteiger partial charge < -0.3 is 31.9 Å². The number of rotatable bonds is 11. The lowest BCUT2D eigenvalue weighted by atomic mass is 10.1. The highest BCUT2D eigenvalue weighted by Crippen LogP contribution is 2.21. The smallest absolute Gasteiger partial charge is 0.273 e. The molecule has 4 rings (SSSR count). The molecule has 2 aromatic heterocycles. The van der Waals surface area contributed by atoms with E-state index < -0.39 is 18.6 Å². The number of pyridine rings is 1. The van der Waals surface area contributed by atoms with Gasteiger partial charge in [0.25, 0.3) is 11.8 Å². The normalized spacial score (nSPS) is 12.3. The van der Waals surface area contributed by atoms with E-state index in [4.69, 9.17) is 10.8 Å². The van der Waals surface area contributed by atoms with Crippen LogP contribution in [0.1, 0.15) is 44.9 Å². The van der Waals surface area contributed by atoms with Crippen LogP contribution >= 0.6 is 0 Å². The molecule has 12 heteroatoms. The lowest BCUT2D eigenvalue weighted by Crippen LogP contribution is -2.34. The van der Waals surface area contributed by atoms with Crippen molar-refractivity contribution in [3.8, 4) is 11.3 Å². The number of anilines is 2. The molecule has 0 radical (unpaired) electrons. The number of aliphatic hydroxyl groups is 2. The Bertz CT molecular complexity index is 1500. The van der Waals surface area contributed by atoms with Crippen LogP contribution in [0.2, 0.25) is 0 Å². The molecule has 0 spiro atoms. The van der Waals surface area contributed by atoms with Crippen LogP contribution in [-0.2, 0) is 6.54 Å². The zero-order chi connectivity index (χ0) is 29.4. The van der Waals surface area contributed by atoms with Crippen molar-refractivity contribution in [2.45, 2.75) is 25.6 Å². The van der Waals surface area contributed by atoms with Gasteiger partial charge in [-0.1, -0.05) is 36.4 Å². The van der Waals surface area contributed by atoms with E-state index >= 15 is 0 Å². The summed E-state index contributed by atoms with van der Waals surface area (Å²) in [7, 11) is 0. The fourth-order valence-corrected chi connectivity index (χ4v) is 3.88. The fourth-order valence-electron chi connectivity index (χ4n) is 3.88. The first kappa shape index (κ1) is 29.1. The highest BCUT2D eigenvalue weighted by atomic mass is 19.1. The summed E-state index contributed by atoms with van der Waals surface area (Å²) < 4.78 is 13.2. The molecule has 212 valence electrons. The number of carbonyl (C=O) groups is 2. The second-order valence-electron chi connectivity index (χ2n) is 9.23. The van der Waals surface area contributed by atoms with E-state index in [0.717, 1.165) is 11.1 Å². The van der Waals surface area contributed by atoms with Crippen molar-refractivity contribution in [3.63, 3.8) is 0 Å². The molecule has 11 nitrogen and oxygen atoms in total. The Kier molecular flexibility index (Phi) is 9.51. The van der Waals surface area contributed by atoms with Gasteiger partial charge in [-0.05, 0) is 42.3 Å². The van der Waals surface area contributed by atoms with Crippen LogP contribution in [0.5, 0.6) is 0 Å². The van der Waals surface area contributed by atoms with Gasteiger partial charge >= 0.3 is 0 Å². The number of aliphatic hydroxyl groups excluding tert-OH is 2. The summed E-state index contributed by atoms with van der Waals surface area (Å²) in [5.74, 6) is -0.933. The summed E-state index contributed by atoms with van der Waals surface area (Å²) in [6.45, 7) is 1.54. The number of carbonyl (C=O) groups excluding carboxylic acids is 2. The summed E-state index contributed by atoms with van der Waals surface area (Å²) in [5.41, 5.74) is 8.88. The predicted octanol–water partition coefficient (Wildman–Crippen LogP) is 2.45. The Labute approximate surface area is 235 Å². The lowest BCUT2D eigenvalue weighted by molar-refractivity contribution is 0.0799. The molecule has 0 saturated carbocycles. The van der Waals surface area contributed by atoms with Crippen LogP contribution in [0, 0.1) is 5.82 Å². The molecular formula is C29H30FN7O4. The molecule has 1 unspecified atom stereocenters. The molecule has 0 saturated heterocycles. The molecule has 2 aromatic carbocycles. The van der Waals surface area contributed by atoms with Crippen molar-refractivity contribution in [2.24, 2.45) is 0 Å².